The zero-order chi connectivity index (χ0) is 12.4. The standard InChI is InChI=1S/C10H10N6O2/c11-4-7-5-16(15-12-7)6-9-13-14-10(18-9)8-2-1-3-17-8/h1-3,5H,4,6,11H2. The minimum Gasteiger partial charge on any atom is -0.459 e. The average Bonchev–Trinajstić information content (AvgIpc) is 3.10. The SMILES string of the molecule is NCc1cn(Cc2nnc(-c3ccco3)o2)nn1. The lowest BCUT2D eigenvalue weighted by Crippen LogP contribution is -2.00. The summed E-state index contributed by atoms with van der Waals surface area (Å²) in [4.78, 5) is 0. The third kappa shape index (κ3) is 2.00. The van der Waals surface area contributed by atoms with Crippen LogP contribution in [-0.2, 0) is 13.1 Å². The van der Waals surface area contributed by atoms with Crippen LogP contribution in [-0.4, -0.2) is 25.2 Å². The van der Waals surface area contributed by atoms with Crippen LogP contribution in [0.3, 0.4) is 0 Å². The number of rotatable bonds is 4. The Balaban J connectivity index is 1.77. The minimum absolute atomic E-state index is 0.342. The van der Waals surface area contributed by atoms with Gasteiger partial charge in [0.2, 0.25) is 5.89 Å². The molecule has 8 heteroatoms. The number of nitrogens with two attached hydrogens (primary N) is 1. The van der Waals surface area contributed by atoms with Crippen LogP contribution < -0.4 is 5.73 Å². The molecule has 0 aromatic carbocycles. The van der Waals surface area contributed by atoms with E-state index in [0.29, 0.717) is 36.3 Å². The molecular weight excluding hydrogens is 236 g/mol. The zero-order valence-corrected chi connectivity index (χ0v) is 9.35. The van der Waals surface area contributed by atoms with Crippen LogP contribution in [0.2, 0.25) is 0 Å². The maximum absolute atomic E-state index is 5.45. The summed E-state index contributed by atoms with van der Waals surface area (Å²) in [5, 5.41) is 15.5. The molecule has 0 aliphatic heterocycles. The predicted molar refractivity (Wildman–Crippen MR) is 59.0 cm³/mol. The summed E-state index contributed by atoms with van der Waals surface area (Å²) in [6, 6.07) is 3.50. The van der Waals surface area contributed by atoms with Crippen LogP contribution in [0.25, 0.3) is 11.7 Å². The lowest BCUT2D eigenvalue weighted by atomic mass is 10.4. The van der Waals surface area contributed by atoms with Crippen molar-refractivity contribution in [2.45, 2.75) is 13.1 Å². The molecule has 18 heavy (non-hydrogen) atoms. The quantitative estimate of drug-likeness (QED) is 0.710. The van der Waals surface area contributed by atoms with Gasteiger partial charge in [-0.15, -0.1) is 15.3 Å². The lowest BCUT2D eigenvalue weighted by Gasteiger charge is -1.92. The van der Waals surface area contributed by atoms with Crippen LogP contribution in [0.4, 0.5) is 0 Å². The van der Waals surface area contributed by atoms with Gasteiger partial charge in [0.25, 0.3) is 5.89 Å². The molecule has 3 rings (SSSR count). The van der Waals surface area contributed by atoms with E-state index in [4.69, 9.17) is 14.6 Å². The van der Waals surface area contributed by atoms with Crippen LogP contribution in [0.5, 0.6) is 0 Å². The largest absolute Gasteiger partial charge is 0.459 e. The third-order valence-electron chi connectivity index (χ3n) is 2.29. The maximum Gasteiger partial charge on any atom is 0.283 e. The molecule has 2 N–H and O–H groups in total. The van der Waals surface area contributed by atoms with E-state index in [2.05, 4.69) is 20.5 Å². The Morgan fingerprint density at radius 3 is 2.94 bits per heavy atom. The van der Waals surface area contributed by atoms with Gasteiger partial charge in [0, 0.05) is 6.54 Å². The molecule has 3 aromatic heterocycles. The highest BCUT2D eigenvalue weighted by atomic mass is 16.4. The molecule has 0 unspecified atom stereocenters. The highest BCUT2D eigenvalue weighted by molar-refractivity contribution is 5.42. The van der Waals surface area contributed by atoms with Crippen molar-refractivity contribution in [1.82, 2.24) is 25.2 Å². The Bertz CT molecular complexity index is 626. The predicted octanol–water partition coefficient (Wildman–Crippen LogP) is 0.428. The van der Waals surface area contributed by atoms with Crippen molar-refractivity contribution in [1.29, 1.82) is 0 Å². The van der Waals surface area contributed by atoms with E-state index >= 15 is 0 Å². The van der Waals surface area contributed by atoms with Gasteiger partial charge in [-0.2, -0.15) is 0 Å². The molecule has 3 aromatic rings. The zero-order valence-electron chi connectivity index (χ0n) is 9.35. The molecule has 0 radical (unpaired) electrons. The molecule has 3 heterocycles. The first kappa shape index (κ1) is 10.7. The highest BCUT2D eigenvalue weighted by Gasteiger charge is 2.11. The Morgan fingerprint density at radius 1 is 1.28 bits per heavy atom. The third-order valence-corrected chi connectivity index (χ3v) is 2.29. The fraction of sp³-hybridized carbons (Fsp3) is 0.200. The van der Waals surface area contributed by atoms with Crippen molar-refractivity contribution >= 4 is 0 Å². The van der Waals surface area contributed by atoms with Crippen molar-refractivity contribution in [2.24, 2.45) is 5.73 Å². The lowest BCUT2D eigenvalue weighted by molar-refractivity contribution is 0.454. The van der Waals surface area contributed by atoms with Crippen LogP contribution in [0.1, 0.15) is 11.6 Å². The average molecular weight is 246 g/mol. The van der Waals surface area contributed by atoms with E-state index in [-0.39, 0.29) is 0 Å². The van der Waals surface area contributed by atoms with Crippen molar-refractivity contribution in [3.63, 3.8) is 0 Å². The van der Waals surface area contributed by atoms with Crippen molar-refractivity contribution in [3.8, 4) is 11.7 Å². The van der Waals surface area contributed by atoms with E-state index in [1.807, 2.05) is 0 Å². The summed E-state index contributed by atoms with van der Waals surface area (Å²) in [5.41, 5.74) is 6.15. The molecule has 0 saturated heterocycles. The summed E-state index contributed by atoms with van der Waals surface area (Å²) in [7, 11) is 0. The molecule has 0 aliphatic rings. The maximum atomic E-state index is 5.45. The molecule has 0 aliphatic carbocycles. The van der Waals surface area contributed by atoms with E-state index in [1.165, 1.54) is 0 Å². The Kier molecular flexibility index (Phi) is 2.61. The second kappa shape index (κ2) is 4.41. The first-order valence-electron chi connectivity index (χ1n) is 5.30. The van der Waals surface area contributed by atoms with E-state index < -0.39 is 0 Å². The molecule has 0 bridgehead atoms. The van der Waals surface area contributed by atoms with Gasteiger partial charge in [-0.25, -0.2) is 4.68 Å². The summed E-state index contributed by atoms with van der Waals surface area (Å²) in [6.45, 7) is 0.697. The summed E-state index contributed by atoms with van der Waals surface area (Å²) in [6.07, 6.45) is 3.28. The molecule has 0 saturated carbocycles. The van der Waals surface area contributed by atoms with E-state index in [9.17, 15) is 0 Å². The van der Waals surface area contributed by atoms with Crippen LogP contribution in [0.15, 0.2) is 33.4 Å². The summed E-state index contributed by atoms with van der Waals surface area (Å²) >= 11 is 0. The molecule has 0 fully saturated rings. The summed E-state index contributed by atoms with van der Waals surface area (Å²) < 4.78 is 12.2. The Labute approximate surface area is 101 Å². The first-order chi connectivity index (χ1) is 8.85. The van der Waals surface area contributed by atoms with Gasteiger partial charge in [-0.3, -0.25) is 0 Å². The monoisotopic (exact) mass is 246 g/mol. The summed E-state index contributed by atoms with van der Waals surface area (Å²) in [5.74, 6) is 1.30. The van der Waals surface area contributed by atoms with Crippen molar-refractivity contribution in [2.75, 3.05) is 0 Å². The smallest absolute Gasteiger partial charge is 0.283 e. The molecule has 8 nitrogen and oxygen atoms in total. The fourth-order valence-electron chi connectivity index (χ4n) is 1.47. The molecule has 0 atom stereocenters. The van der Waals surface area contributed by atoms with Gasteiger partial charge in [-0.05, 0) is 12.1 Å². The van der Waals surface area contributed by atoms with E-state index in [0.717, 1.165) is 0 Å². The van der Waals surface area contributed by atoms with Crippen LogP contribution >= 0.6 is 0 Å². The van der Waals surface area contributed by atoms with Gasteiger partial charge in [0.15, 0.2) is 5.76 Å². The number of hydrogen-bond acceptors (Lipinski definition) is 7. The van der Waals surface area contributed by atoms with Crippen molar-refractivity contribution in [3.05, 3.63) is 36.2 Å². The minimum atomic E-state index is 0.342. The fourth-order valence-corrected chi connectivity index (χ4v) is 1.47. The van der Waals surface area contributed by atoms with E-state index in [1.54, 1.807) is 29.3 Å². The normalized spacial score (nSPS) is 10.9. The van der Waals surface area contributed by atoms with Gasteiger partial charge in [0.05, 0.1) is 18.2 Å². The topological polar surface area (TPSA) is 109 Å². The molecule has 0 spiro atoms. The van der Waals surface area contributed by atoms with Gasteiger partial charge in [0.1, 0.15) is 6.54 Å². The first-order valence-corrected chi connectivity index (χ1v) is 5.30. The number of furan rings is 1. The van der Waals surface area contributed by atoms with Gasteiger partial charge in [-0.1, -0.05) is 5.21 Å². The second-order valence-electron chi connectivity index (χ2n) is 3.59. The van der Waals surface area contributed by atoms with Crippen molar-refractivity contribution < 1.29 is 8.83 Å². The number of aromatic nitrogens is 5. The Hall–Kier alpha value is -2.48. The van der Waals surface area contributed by atoms with Gasteiger partial charge < -0.3 is 14.6 Å². The van der Waals surface area contributed by atoms with Crippen LogP contribution in [0, 0.1) is 0 Å². The second-order valence-corrected chi connectivity index (χ2v) is 3.59. The number of nitrogens with zero attached hydrogens (tertiary/aromatic N) is 5. The Morgan fingerprint density at radius 2 is 2.22 bits per heavy atom. The molecule has 0 amide bonds. The molecule has 92 valence electrons. The molecular formula is C10H10N6O2. The highest BCUT2D eigenvalue weighted by Crippen LogP contribution is 2.17. The van der Waals surface area contributed by atoms with Gasteiger partial charge >= 0.3 is 0 Å². The number of hydrogen-bond donors (Lipinski definition) is 1.